The van der Waals surface area contributed by atoms with E-state index in [1.54, 1.807) is 12.1 Å². The van der Waals surface area contributed by atoms with E-state index in [1.807, 2.05) is 24.3 Å². The van der Waals surface area contributed by atoms with Crippen LogP contribution in [-0.2, 0) is 11.2 Å². The Morgan fingerprint density at radius 3 is 2.11 bits per heavy atom. The minimum absolute atomic E-state index is 0.0834. The first-order valence-electron chi connectivity index (χ1n) is 10.8. The summed E-state index contributed by atoms with van der Waals surface area (Å²) in [5.41, 5.74) is 2.22. The number of carbonyl (C=O) groups excluding carboxylic acids is 3. The van der Waals surface area contributed by atoms with E-state index in [-0.39, 0.29) is 28.6 Å². The van der Waals surface area contributed by atoms with Gasteiger partial charge in [0.15, 0.2) is 0 Å². The summed E-state index contributed by atoms with van der Waals surface area (Å²) in [4.78, 5) is 36.8. The van der Waals surface area contributed by atoms with Crippen LogP contribution in [0.25, 0.3) is 0 Å². The predicted octanol–water partition coefficient (Wildman–Crippen LogP) is 3.91. The molecule has 0 heterocycles. The minimum atomic E-state index is -1.09. The number of hydrogen-bond donors (Lipinski definition) is 2. The SMILES string of the molecule is COc1cc(NC(=O)CCc2ccc([AsH]C(=O)Nc3ccc(F)cc3)cc2)c(C(C)=O)cc1OC. The molecular formula is C26H26AsFN2O5. The van der Waals surface area contributed by atoms with Gasteiger partial charge in [-0.2, -0.15) is 0 Å². The summed E-state index contributed by atoms with van der Waals surface area (Å²) in [5.74, 6) is 0.0206. The van der Waals surface area contributed by atoms with Crippen molar-refractivity contribution in [3.05, 3.63) is 77.6 Å². The predicted molar refractivity (Wildman–Crippen MR) is 135 cm³/mol. The molecule has 1 unspecified atom stereocenters. The van der Waals surface area contributed by atoms with Crippen LogP contribution in [0.15, 0.2) is 60.7 Å². The quantitative estimate of drug-likeness (QED) is 0.301. The number of Topliss-reactive ketones (excluding diaryl/α,β-unsaturated/α-hetero) is 1. The van der Waals surface area contributed by atoms with Crippen molar-refractivity contribution < 1.29 is 28.2 Å². The molecule has 1 atom stereocenters. The number of ether oxygens (including phenoxy) is 2. The minimum Gasteiger partial charge on any atom is -0.493 e. The molecule has 3 aromatic rings. The molecule has 0 aliphatic heterocycles. The fourth-order valence-electron chi connectivity index (χ4n) is 3.33. The second-order valence-corrected chi connectivity index (χ2v) is 10.3. The van der Waals surface area contributed by atoms with Crippen LogP contribution in [0.2, 0.25) is 0 Å². The van der Waals surface area contributed by atoms with Gasteiger partial charge in [-0.05, 0) is 0 Å². The monoisotopic (exact) mass is 540 g/mol. The van der Waals surface area contributed by atoms with Crippen LogP contribution in [0, 0.1) is 5.82 Å². The third-order valence-electron chi connectivity index (χ3n) is 5.13. The maximum atomic E-state index is 13.0. The average Bonchev–Trinajstić information content (AvgIpc) is 2.84. The Balaban J connectivity index is 1.55. The zero-order valence-electron chi connectivity index (χ0n) is 19.6. The summed E-state index contributed by atoms with van der Waals surface area (Å²) in [6.07, 6.45) is 0.711. The van der Waals surface area contributed by atoms with Crippen molar-refractivity contribution in [1.82, 2.24) is 0 Å². The van der Waals surface area contributed by atoms with Gasteiger partial charge >= 0.3 is 191 Å². The van der Waals surface area contributed by atoms with Crippen LogP contribution < -0.4 is 24.5 Å². The Morgan fingerprint density at radius 2 is 1.51 bits per heavy atom. The number of aryl methyl sites for hydroxylation is 1. The summed E-state index contributed by atoms with van der Waals surface area (Å²) in [7, 11) is 2.96. The number of benzene rings is 3. The van der Waals surface area contributed by atoms with E-state index in [4.69, 9.17) is 9.47 Å². The molecule has 0 fully saturated rings. The molecule has 0 spiro atoms. The number of anilines is 2. The summed E-state index contributed by atoms with van der Waals surface area (Å²) in [6, 6.07) is 16.3. The first kappa shape index (κ1) is 26.0. The van der Waals surface area contributed by atoms with E-state index in [2.05, 4.69) is 10.6 Å². The molecule has 3 rings (SSSR count). The van der Waals surface area contributed by atoms with Gasteiger partial charge in [-0.1, -0.05) is 0 Å². The van der Waals surface area contributed by atoms with Gasteiger partial charge in [0.05, 0.1) is 14.2 Å². The smallest absolute Gasteiger partial charge is 0.493 e. The van der Waals surface area contributed by atoms with E-state index in [0.29, 0.717) is 34.9 Å². The van der Waals surface area contributed by atoms with Gasteiger partial charge < -0.3 is 4.74 Å². The summed E-state index contributed by atoms with van der Waals surface area (Å²) in [6.45, 7) is 1.42. The Kier molecular flexibility index (Phi) is 9.03. The molecule has 0 aliphatic carbocycles. The van der Waals surface area contributed by atoms with E-state index in [9.17, 15) is 18.8 Å². The molecule has 35 heavy (non-hydrogen) atoms. The first-order valence-corrected chi connectivity index (χ1v) is 12.9. The van der Waals surface area contributed by atoms with E-state index in [0.717, 1.165) is 9.91 Å². The van der Waals surface area contributed by atoms with Crippen molar-refractivity contribution in [3.63, 3.8) is 0 Å². The Bertz CT molecular complexity index is 1210. The van der Waals surface area contributed by atoms with Crippen molar-refractivity contribution in [2.45, 2.75) is 19.8 Å². The zero-order valence-corrected chi connectivity index (χ0v) is 21.7. The van der Waals surface area contributed by atoms with Crippen LogP contribution in [0.3, 0.4) is 0 Å². The maximum absolute atomic E-state index is 13.0. The molecule has 0 aromatic heterocycles. The fourth-order valence-corrected chi connectivity index (χ4v) is 5.01. The van der Waals surface area contributed by atoms with Crippen LogP contribution in [0.4, 0.5) is 20.6 Å². The fraction of sp³-hybridized carbons (Fsp3) is 0.192. The number of halogens is 1. The molecule has 7 nitrogen and oxygen atoms in total. The van der Waals surface area contributed by atoms with Gasteiger partial charge in [0.2, 0.25) is 0 Å². The summed E-state index contributed by atoms with van der Waals surface area (Å²) >= 11 is -1.09. The Hall–Kier alpha value is -3.64. The molecular weight excluding hydrogens is 514 g/mol. The number of carbonyl (C=O) groups is 3. The molecule has 9 heteroatoms. The average molecular weight is 540 g/mol. The summed E-state index contributed by atoms with van der Waals surface area (Å²) < 4.78 is 24.3. The van der Waals surface area contributed by atoms with Gasteiger partial charge in [0, 0.05) is 0 Å². The van der Waals surface area contributed by atoms with Crippen molar-refractivity contribution >= 4 is 47.9 Å². The van der Waals surface area contributed by atoms with Crippen molar-refractivity contribution in [1.29, 1.82) is 0 Å². The molecule has 0 saturated carbocycles. The Morgan fingerprint density at radius 1 is 0.886 bits per heavy atom. The summed E-state index contributed by atoms with van der Waals surface area (Å²) in [5, 5.41) is 5.57. The third kappa shape index (κ3) is 7.42. The molecule has 0 saturated heterocycles. The van der Waals surface area contributed by atoms with Crippen LogP contribution in [0.1, 0.15) is 29.3 Å². The van der Waals surface area contributed by atoms with Gasteiger partial charge in [0.1, 0.15) is 0 Å². The number of rotatable bonds is 10. The third-order valence-corrected chi connectivity index (χ3v) is 7.18. The second-order valence-electron chi connectivity index (χ2n) is 7.64. The number of ketones is 1. The van der Waals surface area contributed by atoms with Gasteiger partial charge in [-0.3, -0.25) is 0 Å². The molecule has 182 valence electrons. The van der Waals surface area contributed by atoms with E-state index < -0.39 is 15.8 Å². The number of methoxy groups -OCH3 is 2. The van der Waals surface area contributed by atoms with Crippen LogP contribution in [-0.4, -0.2) is 46.4 Å². The Labute approximate surface area is 209 Å². The standard InChI is InChI=1S/C26H26AsFN2O5/c1-16(31)21-14-23(34-2)24(35-3)15-22(21)30-25(32)13-6-17-4-7-18(8-5-17)27-26(33)29-20-11-9-19(28)10-12-20/h4-5,7-12,14-15,27H,6,13H2,1-3H3,(H,29,33)(H,30,32). The van der Waals surface area contributed by atoms with Gasteiger partial charge in [0.25, 0.3) is 0 Å². The van der Waals surface area contributed by atoms with Gasteiger partial charge in [-0.15, -0.1) is 0 Å². The molecule has 2 N–H and O–H groups in total. The number of nitrogens with one attached hydrogen (secondary N) is 2. The molecule has 2 amide bonds. The van der Waals surface area contributed by atoms with Crippen molar-refractivity contribution in [2.24, 2.45) is 0 Å². The molecule has 0 aliphatic rings. The molecule has 0 bridgehead atoms. The zero-order chi connectivity index (χ0) is 25.4. The van der Waals surface area contributed by atoms with Crippen molar-refractivity contribution in [2.75, 3.05) is 24.9 Å². The molecule has 0 radical (unpaired) electrons. The number of amides is 2. The van der Waals surface area contributed by atoms with Crippen LogP contribution in [0.5, 0.6) is 11.5 Å². The van der Waals surface area contributed by atoms with Crippen molar-refractivity contribution in [3.8, 4) is 11.5 Å². The first-order chi connectivity index (χ1) is 16.8. The van der Waals surface area contributed by atoms with Crippen LogP contribution >= 0.6 is 0 Å². The normalized spacial score (nSPS) is 10.7. The second kappa shape index (κ2) is 12.2. The molecule has 3 aromatic carbocycles. The number of hydrogen-bond acceptors (Lipinski definition) is 5. The topological polar surface area (TPSA) is 93.7 Å². The van der Waals surface area contributed by atoms with E-state index >= 15 is 0 Å². The van der Waals surface area contributed by atoms with Gasteiger partial charge in [-0.25, -0.2) is 0 Å². The van der Waals surface area contributed by atoms with E-state index in [1.165, 1.54) is 45.4 Å².